The van der Waals surface area contributed by atoms with Crippen molar-refractivity contribution in [1.82, 2.24) is 9.97 Å². The minimum atomic E-state index is -0.621. The fraction of sp³-hybridized carbons (Fsp3) is 0.667. The van der Waals surface area contributed by atoms with Crippen molar-refractivity contribution >= 4 is 11.5 Å². The second-order valence-electron chi connectivity index (χ2n) is 5.08. The van der Waals surface area contributed by atoms with E-state index in [0.717, 1.165) is 12.8 Å². The summed E-state index contributed by atoms with van der Waals surface area (Å²) in [6.45, 7) is 4.84. The van der Waals surface area contributed by atoms with E-state index in [0.29, 0.717) is 19.0 Å². The van der Waals surface area contributed by atoms with E-state index in [-0.39, 0.29) is 29.4 Å². The first-order valence-electron chi connectivity index (χ1n) is 6.55. The minimum absolute atomic E-state index is 0.0818. The second-order valence-corrected chi connectivity index (χ2v) is 5.08. The standard InChI is InChI=1S/C12H18N4O4/c1-7(2)6-20-12-9(16(17)18)10(13)14-11(15-12)8-4-3-5-19-8/h7-8H,3-6H2,1-2H3,(H2,13,14,15). The highest BCUT2D eigenvalue weighted by Gasteiger charge is 2.29. The van der Waals surface area contributed by atoms with E-state index in [9.17, 15) is 10.1 Å². The Morgan fingerprint density at radius 1 is 1.55 bits per heavy atom. The van der Waals surface area contributed by atoms with Crippen LogP contribution in [0.25, 0.3) is 0 Å². The number of hydrogen-bond acceptors (Lipinski definition) is 7. The van der Waals surface area contributed by atoms with Crippen LogP contribution >= 0.6 is 0 Å². The van der Waals surface area contributed by atoms with Crippen molar-refractivity contribution in [3.8, 4) is 5.88 Å². The molecule has 1 aliphatic heterocycles. The number of hydrogen-bond donors (Lipinski definition) is 1. The van der Waals surface area contributed by atoms with Crippen LogP contribution in [0.2, 0.25) is 0 Å². The molecule has 1 atom stereocenters. The van der Waals surface area contributed by atoms with Gasteiger partial charge in [-0.15, -0.1) is 0 Å². The SMILES string of the molecule is CC(C)COc1nc(C2CCCO2)nc(N)c1[N+](=O)[O-]. The first-order valence-corrected chi connectivity index (χ1v) is 6.55. The average molecular weight is 282 g/mol. The van der Waals surface area contributed by atoms with Gasteiger partial charge >= 0.3 is 5.69 Å². The summed E-state index contributed by atoms with van der Waals surface area (Å²) in [6.07, 6.45) is 1.42. The van der Waals surface area contributed by atoms with Gasteiger partial charge in [-0.1, -0.05) is 13.8 Å². The lowest BCUT2D eigenvalue weighted by molar-refractivity contribution is -0.385. The number of nitro groups is 1. The van der Waals surface area contributed by atoms with Crippen LogP contribution in [0, 0.1) is 16.0 Å². The lowest BCUT2D eigenvalue weighted by Gasteiger charge is -2.12. The molecule has 0 spiro atoms. The average Bonchev–Trinajstić information content (AvgIpc) is 2.88. The molecule has 8 heteroatoms. The molecule has 110 valence electrons. The van der Waals surface area contributed by atoms with Gasteiger partial charge in [0.2, 0.25) is 5.82 Å². The molecule has 1 unspecified atom stereocenters. The number of nitrogen functional groups attached to an aromatic ring is 1. The topological polar surface area (TPSA) is 113 Å². The Morgan fingerprint density at radius 2 is 2.30 bits per heavy atom. The Hall–Kier alpha value is -1.96. The summed E-state index contributed by atoms with van der Waals surface area (Å²) in [7, 11) is 0. The quantitative estimate of drug-likeness (QED) is 0.647. The number of nitrogens with zero attached hydrogens (tertiary/aromatic N) is 3. The van der Waals surface area contributed by atoms with Gasteiger partial charge in [-0.25, -0.2) is 4.98 Å². The van der Waals surface area contributed by atoms with Gasteiger partial charge in [0.25, 0.3) is 5.88 Å². The fourth-order valence-electron chi connectivity index (χ4n) is 1.91. The van der Waals surface area contributed by atoms with Crippen LogP contribution in [0.1, 0.15) is 38.6 Å². The van der Waals surface area contributed by atoms with E-state index in [2.05, 4.69) is 9.97 Å². The molecule has 0 amide bonds. The van der Waals surface area contributed by atoms with Gasteiger partial charge in [0, 0.05) is 6.61 Å². The third kappa shape index (κ3) is 3.13. The van der Waals surface area contributed by atoms with Crippen molar-refractivity contribution in [2.24, 2.45) is 5.92 Å². The van der Waals surface area contributed by atoms with Crippen LogP contribution in [0.4, 0.5) is 11.5 Å². The molecule has 0 aromatic carbocycles. The zero-order chi connectivity index (χ0) is 14.7. The first-order chi connectivity index (χ1) is 9.49. The van der Waals surface area contributed by atoms with Crippen LogP contribution in [0.3, 0.4) is 0 Å². The smallest absolute Gasteiger partial charge is 0.372 e. The summed E-state index contributed by atoms with van der Waals surface area (Å²) >= 11 is 0. The molecule has 20 heavy (non-hydrogen) atoms. The van der Waals surface area contributed by atoms with Crippen molar-refractivity contribution in [3.63, 3.8) is 0 Å². The molecule has 0 bridgehead atoms. The predicted molar refractivity (Wildman–Crippen MR) is 71.4 cm³/mol. The van der Waals surface area contributed by atoms with Gasteiger partial charge in [0.05, 0.1) is 11.5 Å². The Labute approximate surface area is 116 Å². The third-order valence-electron chi connectivity index (χ3n) is 2.85. The zero-order valence-corrected chi connectivity index (χ0v) is 11.5. The van der Waals surface area contributed by atoms with Crippen molar-refractivity contribution in [2.75, 3.05) is 18.9 Å². The Kier molecular flexibility index (Phi) is 4.33. The maximum atomic E-state index is 11.1. The Balaban J connectivity index is 2.35. The number of ether oxygens (including phenoxy) is 2. The van der Waals surface area contributed by atoms with Gasteiger partial charge in [0.15, 0.2) is 5.82 Å². The molecular weight excluding hydrogens is 264 g/mol. The molecule has 0 aliphatic carbocycles. The summed E-state index contributed by atoms with van der Waals surface area (Å²) in [4.78, 5) is 18.5. The van der Waals surface area contributed by atoms with Gasteiger partial charge in [0.1, 0.15) is 6.10 Å². The van der Waals surface area contributed by atoms with Crippen LogP contribution < -0.4 is 10.5 Å². The molecule has 2 heterocycles. The zero-order valence-electron chi connectivity index (χ0n) is 11.5. The van der Waals surface area contributed by atoms with Gasteiger partial charge < -0.3 is 15.2 Å². The van der Waals surface area contributed by atoms with E-state index in [1.165, 1.54) is 0 Å². The molecule has 1 aliphatic rings. The largest absolute Gasteiger partial charge is 0.472 e. The minimum Gasteiger partial charge on any atom is -0.472 e. The normalized spacial score (nSPS) is 18.4. The van der Waals surface area contributed by atoms with Gasteiger partial charge in [-0.3, -0.25) is 10.1 Å². The highest BCUT2D eigenvalue weighted by Crippen LogP contribution is 2.34. The predicted octanol–water partition coefficient (Wildman–Crippen LogP) is 1.85. The molecular formula is C12H18N4O4. The summed E-state index contributed by atoms with van der Waals surface area (Å²) in [5.41, 5.74) is 5.29. The van der Waals surface area contributed by atoms with E-state index in [1.807, 2.05) is 13.8 Å². The van der Waals surface area contributed by atoms with Gasteiger partial charge in [-0.2, -0.15) is 4.98 Å². The molecule has 0 radical (unpaired) electrons. The third-order valence-corrected chi connectivity index (χ3v) is 2.85. The maximum Gasteiger partial charge on any atom is 0.372 e. The number of rotatable bonds is 5. The van der Waals surface area contributed by atoms with E-state index in [4.69, 9.17) is 15.2 Å². The summed E-state index contributed by atoms with van der Waals surface area (Å²) in [5.74, 6) is 0.303. The summed E-state index contributed by atoms with van der Waals surface area (Å²) < 4.78 is 10.9. The second kappa shape index (κ2) is 6.00. The molecule has 2 rings (SSSR count). The lowest BCUT2D eigenvalue weighted by Crippen LogP contribution is -2.13. The van der Waals surface area contributed by atoms with Crippen molar-refractivity contribution in [1.29, 1.82) is 0 Å². The Morgan fingerprint density at radius 3 is 2.85 bits per heavy atom. The van der Waals surface area contributed by atoms with Crippen molar-refractivity contribution in [3.05, 3.63) is 15.9 Å². The maximum absolute atomic E-state index is 11.1. The van der Waals surface area contributed by atoms with Crippen LogP contribution in [0.15, 0.2) is 0 Å². The van der Waals surface area contributed by atoms with E-state index >= 15 is 0 Å². The number of aromatic nitrogens is 2. The lowest BCUT2D eigenvalue weighted by atomic mass is 10.2. The molecule has 1 aromatic heterocycles. The molecule has 0 saturated carbocycles. The van der Waals surface area contributed by atoms with Crippen molar-refractivity contribution < 1.29 is 14.4 Å². The van der Waals surface area contributed by atoms with E-state index < -0.39 is 4.92 Å². The van der Waals surface area contributed by atoms with Crippen LogP contribution in [-0.2, 0) is 4.74 Å². The monoisotopic (exact) mass is 282 g/mol. The summed E-state index contributed by atoms with van der Waals surface area (Å²) in [6, 6.07) is 0. The molecule has 8 nitrogen and oxygen atoms in total. The Bertz CT molecular complexity index is 500. The van der Waals surface area contributed by atoms with Gasteiger partial charge in [-0.05, 0) is 18.8 Å². The highest BCUT2D eigenvalue weighted by atomic mass is 16.6. The molecule has 1 fully saturated rings. The van der Waals surface area contributed by atoms with Crippen molar-refractivity contribution in [2.45, 2.75) is 32.8 Å². The number of nitrogens with two attached hydrogens (primary N) is 1. The molecule has 1 aromatic rings. The van der Waals surface area contributed by atoms with Crippen LogP contribution in [-0.4, -0.2) is 28.1 Å². The molecule has 2 N–H and O–H groups in total. The fourth-order valence-corrected chi connectivity index (χ4v) is 1.91. The number of anilines is 1. The highest BCUT2D eigenvalue weighted by molar-refractivity contribution is 5.58. The first kappa shape index (κ1) is 14.4. The van der Waals surface area contributed by atoms with Crippen LogP contribution in [0.5, 0.6) is 5.88 Å². The van der Waals surface area contributed by atoms with E-state index in [1.54, 1.807) is 0 Å². The molecule has 1 saturated heterocycles. The summed E-state index contributed by atoms with van der Waals surface area (Å²) in [5, 5.41) is 11.1.